The van der Waals surface area contributed by atoms with Crippen molar-refractivity contribution < 1.29 is 9.53 Å². The van der Waals surface area contributed by atoms with E-state index in [0.717, 1.165) is 11.1 Å². The minimum Gasteiger partial charge on any atom is -0.380 e. The number of carbonyl (C=O) groups excluding carboxylic acids is 1. The van der Waals surface area contributed by atoms with Gasteiger partial charge in [0.25, 0.3) is 5.91 Å². The second-order valence-electron chi connectivity index (χ2n) is 4.62. The van der Waals surface area contributed by atoms with Gasteiger partial charge in [-0.05, 0) is 23.3 Å². The maximum atomic E-state index is 12.1. The molecule has 0 bridgehead atoms. The predicted molar refractivity (Wildman–Crippen MR) is 80.5 cm³/mol. The number of pyridine rings is 1. The molecule has 3 N–H and O–H groups in total. The lowest BCUT2D eigenvalue weighted by Gasteiger charge is -2.10. The molecule has 1 amide bonds. The third kappa shape index (κ3) is 4.11. The van der Waals surface area contributed by atoms with Gasteiger partial charge in [0, 0.05) is 32.0 Å². The topological polar surface area (TPSA) is 77.2 Å². The molecule has 0 atom stereocenters. The molecule has 2 aromatic rings. The van der Waals surface area contributed by atoms with Crippen LogP contribution in [0.1, 0.15) is 27.2 Å². The van der Waals surface area contributed by atoms with E-state index in [0.29, 0.717) is 31.0 Å². The summed E-state index contributed by atoms with van der Waals surface area (Å²) < 4.78 is 5.16. The molecule has 0 spiro atoms. The molecule has 1 heterocycles. The van der Waals surface area contributed by atoms with Crippen molar-refractivity contribution in [3.05, 3.63) is 65.0 Å². The average Bonchev–Trinajstić information content (AvgIpc) is 2.54. The maximum Gasteiger partial charge on any atom is 0.251 e. The van der Waals surface area contributed by atoms with Crippen molar-refractivity contribution in [2.45, 2.75) is 19.7 Å². The zero-order valence-electron chi connectivity index (χ0n) is 12.0. The summed E-state index contributed by atoms with van der Waals surface area (Å²) >= 11 is 0. The maximum absolute atomic E-state index is 12.1. The molecule has 0 unspecified atom stereocenters. The first-order valence-corrected chi connectivity index (χ1v) is 6.73. The first-order valence-electron chi connectivity index (χ1n) is 6.73. The number of nitrogens with one attached hydrogen (secondary N) is 1. The average molecular weight is 285 g/mol. The molecule has 110 valence electrons. The Hall–Kier alpha value is -2.24. The van der Waals surface area contributed by atoms with Crippen LogP contribution in [0.25, 0.3) is 0 Å². The van der Waals surface area contributed by atoms with Gasteiger partial charge in [-0.1, -0.05) is 24.3 Å². The first-order chi connectivity index (χ1) is 10.2. The smallest absolute Gasteiger partial charge is 0.251 e. The quantitative estimate of drug-likeness (QED) is 0.845. The zero-order valence-corrected chi connectivity index (χ0v) is 12.0. The first kappa shape index (κ1) is 15.2. The van der Waals surface area contributed by atoms with Gasteiger partial charge in [-0.25, -0.2) is 0 Å². The van der Waals surface area contributed by atoms with Crippen LogP contribution >= 0.6 is 0 Å². The summed E-state index contributed by atoms with van der Waals surface area (Å²) in [5, 5.41) is 2.90. The van der Waals surface area contributed by atoms with Crippen molar-refractivity contribution in [1.29, 1.82) is 0 Å². The van der Waals surface area contributed by atoms with Crippen LogP contribution in [0.4, 0.5) is 0 Å². The van der Waals surface area contributed by atoms with Gasteiger partial charge in [0.2, 0.25) is 0 Å². The molecule has 5 heteroatoms. The molecular formula is C16H19N3O2. The highest BCUT2D eigenvalue weighted by Crippen LogP contribution is 2.10. The fourth-order valence-electron chi connectivity index (χ4n) is 2.03. The summed E-state index contributed by atoms with van der Waals surface area (Å²) in [6.45, 7) is 1.30. The predicted octanol–water partition coefficient (Wildman–Crippen LogP) is 1.62. The Bertz CT molecular complexity index is 614. The number of hydrogen-bond acceptors (Lipinski definition) is 4. The van der Waals surface area contributed by atoms with Gasteiger partial charge in [-0.15, -0.1) is 0 Å². The van der Waals surface area contributed by atoms with E-state index in [1.165, 1.54) is 0 Å². The van der Waals surface area contributed by atoms with E-state index < -0.39 is 0 Å². The Balaban J connectivity index is 2.04. The summed E-state index contributed by atoms with van der Waals surface area (Å²) in [5.41, 5.74) is 8.90. The van der Waals surface area contributed by atoms with E-state index in [1.54, 1.807) is 25.4 Å². The molecule has 1 aromatic carbocycles. The summed E-state index contributed by atoms with van der Waals surface area (Å²) in [4.78, 5) is 16.2. The van der Waals surface area contributed by atoms with Gasteiger partial charge >= 0.3 is 0 Å². The Morgan fingerprint density at radius 1 is 1.29 bits per heavy atom. The molecule has 0 aliphatic carbocycles. The van der Waals surface area contributed by atoms with E-state index in [2.05, 4.69) is 10.3 Å². The molecule has 0 fully saturated rings. The number of hydrogen-bond donors (Lipinski definition) is 2. The van der Waals surface area contributed by atoms with Crippen LogP contribution in [-0.4, -0.2) is 18.0 Å². The number of ether oxygens (including phenoxy) is 1. The Morgan fingerprint density at radius 3 is 2.76 bits per heavy atom. The SMILES string of the molecule is COCc1ccccc1CNC(=O)c1ccnc(CN)c1. The highest BCUT2D eigenvalue weighted by Gasteiger charge is 2.08. The molecule has 0 radical (unpaired) electrons. The van der Waals surface area contributed by atoms with Crippen molar-refractivity contribution in [3.8, 4) is 0 Å². The number of nitrogens with two attached hydrogens (primary N) is 1. The van der Waals surface area contributed by atoms with Gasteiger partial charge in [0.05, 0.1) is 12.3 Å². The largest absolute Gasteiger partial charge is 0.380 e. The standard InChI is InChI=1S/C16H19N3O2/c1-21-11-14-5-3-2-4-13(14)10-19-16(20)12-6-7-18-15(8-12)9-17/h2-8H,9-11,17H2,1H3,(H,19,20). The lowest BCUT2D eigenvalue weighted by atomic mass is 10.1. The Kier molecular flexibility index (Phi) is 5.43. The monoisotopic (exact) mass is 285 g/mol. The van der Waals surface area contributed by atoms with Gasteiger partial charge < -0.3 is 15.8 Å². The van der Waals surface area contributed by atoms with Gasteiger partial charge in [0.15, 0.2) is 0 Å². The van der Waals surface area contributed by atoms with Crippen molar-refractivity contribution in [1.82, 2.24) is 10.3 Å². The summed E-state index contributed by atoms with van der Waals surface area (Å²) in [7, 11) is 1.65. The second-order valence-corrected chi connectivity index (χ2v) is 4.62. The fourth-order valence-corrected chi connectivity index (χ4v) is 2.03. The molecule has 0 aliphatic heterocycles. The number of carbonyl (C=O) groups is 1. The van der Waals surface area contributed by atoms with E-state index in [1.807, 2.05) is 24.3 Å². The van der Waals surface area contributed by atoms with Crippen molar-refractivity contribution >= 4 is 5.91 Å². The van der Waals surface area contributed by atoms with Crippen LogP contribution in [-0.2, 0) is 24.4 Å². The van der Waals surface area contributed by atoms with E-state index >= 15 is 0 Å². The molecule has 0 saturated carbocycles. The van der Waals surface area contributed by atoms with Crippen LogP contribution in [0, 0.1) is 0 Å². The van der Waals surface area contributed by atoms with Crippen LogP contribution in [0.2, 0.25) is 0 Å². The van der Waals surface area contributed by atoms with Gasteiger partial charge in [-0.3, -0.25) is 9.78 Å². The Labute approximate surface area is 124 Å². The van der Waals surface area contributed by atoms with Crippen molar-refractivity contribution in [3.63, 3.8) is 0 Å². The second kappa shape index (κ2) is 7.52. The summed E-state index contributed by atoms with van der Waals surface area (Å²) in [6, 6.07) is 11.2. The zero-order chi connectivity index (χ0) is 15.1. The van der Waals surface area contributed by atoms with E-state index in [-0.39, 0.29) is 5.91 Å². The highest BCUT2D eigenvalue weighted by atomic mass is 16.5. The van der Waals surface area contributed by atoms with Crippen LogP contribution in [0.5, 0.6) is 0 Å². The number of methoxy groups -OCH3 is 1. The van der Waals surface area contributed by atoms with E-state index in [9.17, 15) is 4.79 Å². The minimum atomic E-state index is -0.140. The lowest BCUT2D eigenvalue weighted by molar-refractivity contribution is 0.0950. The fraction of sp³-hybridized carbons (Fsp3) is 0.250. The molecular weight excluding hydrogens is 266 g/mol. The van der Waals surface area contributed by atoms with Gasteiger partial charge in [-0.2, -0.15) is 0 Å². The van der Waals surface area contributed by atoms with E-state index in [4.69, 9.17) is 10.5 Å². The van der Waals surface area contributed by atoms with Crippen molar-refractivity contribution in [2.24, 2.45) is 5.73 Å². The van der Waals surface area contributed by atoms with Crippen LogP contribution in [0.3, 0.4) is 0 Å². The van der Waals surface area contributed by atoms with Gasteiger partial charge in [0.1, 0.15) is 0 Å². The number of aromatic nitrogens is 1. The Morgan fingerprint density at radius 2 is 2.05 bits per heavy atom. The number of rotatable bonds is 6. The number of benzene rings is 1. The third-order valence-electron chi connectivity index (χ3n) is 3.15. The molecule has 0 aliphatic rings. The lowest BCUT2D eigenvalue weighted by Crippen LogP contribution is -2.23. The molecule has 1 aromatic heterocycles. The number of nitrogens with zero attached hydrogens (tertiary/aromatic N) is 1. The summed E-state index contributed by atoms with van der Waals surface area (Å²) in [6.07, 6.45) is 1.59. The van der Waals surface area contributed by atoms with Crippen LogP contribution in [0.15, 0.2) is 42.6 Å². The van der Waals surface area contributed by atoms with Crippen LogP contribution < -0.4 is 11.1 Å². The molecule has 2 rings (SSSR count). The summed E-state index contributed by atoms with van der Waals surface area (Å²) in [5.74, 6) is -0.140. The normalized spacial score (nSPS) is 10.4. The molecule has 0 saturated heterocycles. The van der Waals surface area contributed by atoms with Crippen molar-refractivity contribution in [2.75, 3.05) is 7.11 Å². The molecule has 5 nitrogen and oxygen atoms in total. The third-order valence-corrected chi connectivity index (χ3v) is 3.15. The minimum absolute atomic E-state index is 0.140. The molecule has 21 heavy (non-hydrogen) atoms. The number of amides is 1. The highest BCUT2D eigenvalue weighted by molar-refractivity contribution is 5.94.